The van der Waals surface area contributed by atoms with Crippen LogP contribution in [0.3, 0.4) is 0 Å². The number of benzene rings is 2. The summed E-state index contributed by atoms with van der Waals surface area (Å²) in [5.41, 5.74) is 1.61. The molecule has 0 aromatic heterocycles. The van der Waals surface area contributed by atoms with Gasteiger partial charge in [-0.2, -0.15) is 0 Å². The molecule has 0 amide bonds. The Balaban J connectivity index is 2.39. The lowest BCUT2D eigenvalue weighted by atomic mass is 10.0. The molecule has 0 spiro atoms. The Morgan fingerprint density at radius 2 is 1.62 bits per heavy atom. The fourth-order valence-corrected chi connectivity index (χ4v) is 4.13. The molecule has 0 radical (unpaired) electrons. The van der Waals surface area contributed by atoms with E-state index in [2.05, 4.69) is 20.7 Å². The predicted molar refractivity (Wildman–Crippen MR) is 99.1 cm³/mol. The van der Waals surface area contributed by atoms with Crippen LogP contribution in [-0.4, -0.2) is 19.0 Å². The van der Waals surface area contributed by atoms with Gasteiger partial charge in [0.2, 0.25) is 10.0 Å². The zero-order chi connectivity index (χ0) is 17.9. The molecule has 0 aliphatic carbocycles. The molecule has 0 aliphatic heterocycles. The summed E-state index contributed by atoms with van der Waals surface area (Å²) in [5, 5.41) is 0.535. The topological polar surface area (TPSA) is 63.2 Å². The molecule has 0 heterocycles. The molecule has 0 bridgehead atoms. The summed E-state index contributed by atoms with van der Waals surface area (Å²) in [6.07, 6.45) is 0. The van der Waals surface area contributed by atoms with Gasteiger partial charge in [-0.3, -0.25) is 4.79 Å². The van der Waals surface area contributed by atoms with Crippen LogP contribution in [0.4, 0.5) is 0 Å². The molecule has 1 N–H and O–H groups in total. The van der Waals surface area contributed by atoms with Crippen LogP contribution in [0.15, 0.2) is 53.4 Å². The molecular formula is C17H17BrClNO3S. The molecule has 0 unspecified atom stereocenters. The highest BCUT2D eigenvalue weighted by atomic mass is 79.9. The maximum absolute atomic E-state index is 12.7. The van der Waals surface area contributed by atoms with Gasteiger partial charge in [0, 0.05) is 5.02 Å². The third-order valence-corrected chi connectivity index (χ3v) is 6.41. The highest BCUT2D eigenvalue weighted by Crippen LogP contribution is 2.27. The normalized spacial score (nSPS) is 14.2. The number of halogens is 2. The number of sulfonamides is 1. The molecule has 24 heavy (non-hydrogen) atoms. The van der Waals surface area contributed by atoms with Crippen molar-refractivity contribution in [1.29, 1.82) is 0 Å². The lowest BCUT2D eigenvalue weighted by Crippen LogP contribution is -2.36. The highest BCUT2D eigenvalue weighted by molar-refractivity contribution is 9.10. The number of Topliss-reactive ketones (excluding diaryl/α,β-unsaturated/α-hetero) is 1. The first-order valence-corrected chi connectivity index (χ1v) is 9.97. The molecule has 7 heteroatoms. The number of nitrogens with one attached hydrogen (secondary N) is 1. The van der Waals surface area contributed by atoms with Crippen molar-refractivity contribution in [2.45, 2.75) is 29.6 Å². The van der Waals surface area contributed by atoms with E-state index in [1.54, 1.807) is 36.4 Å². The summed E-state index contributed by atoms with van der Waals surface area (Å²) in [6, 6.07) is 12.5. The van der Waals surface area contributed by atoms with Crippen molar-refractivity contribution < 1.29 is 13.2 Å². The van der Waals surface area contributed by atoms with Crippen LogP contribution in [-0.2, 0) is 14.8 Å². The van der Waals surface area contributed by atoms with Crippen molar-refractivity contribution in [3.05, 3.63) is 64.7 Å². The van der Waals surface area contributed by atoms with Crippen molar-refractivity contribution in [2.75, 3.05) is 0 Å². The molecule has 0 aliphatic rings. The largest absolute Gasteiger partial charge is 0.299 e. The second kappa shape index (κ2) is 7.78. The summed E-state index contributed by atoms with van der Waals surface area (Å²) in [5.74, 6) is -0.179. The van der Waals surface area contributed by atoms with Gasteiger partial charge < -0.3 is 0 Å². The monoisotopic (exact) mass is 429 g/mol. The van der Waals surface area contributed by atoms with Crippen molar-refractivity contribution in [2.24, 2.45) is 0 Å². The van der Waals surface area contributed by atoms with E-state index in [1.165, 1.54) is 19.1 Å². The van der Waals surface area contributed by atoms with E-state index in [-0.39, 0.29) is 10.7 Å². The second-order valence-corrected chi connectivity index (χ2v) is 8.61. The van der Waals surface area contributed by atoms with Crippen LogP contribution >= 0.6 is 27.5 Å². The van der Waals surface area contributed by atoms with Crippen molar-refractivity contribution >= 4 is 43.3 Å². The van der Waals surface area contributed by atoms with Crippen LogP contribution in [0.5, 0.6) is 0 Å². The molecule has 0 saturated carbocycles. The first-order chi connectivity index (χ1) is 11.2. The Kier molecular flexibility index (Phi) is 6.20. The Morgan fingerprint density at radius 3 is 2.12 bits per heavy atom. The number of hydrogen-bond donors (Lipinski definition) is 1. The molecule has 2 aromatic rings. The average molecular weight is 431 g/mol. The van der Waals surface area contributed by atoms with Crippen LogP contribution in [0.2, 0.25) is 5.02 Å². The molecule has 2 atom stereocenters. The smallest absolute Gasteiger partial charge is 0.241 e. The minimum atomic E-state index is -3.78. The van der Waals surface area contributed by atoms with Crippen molar-refractivity contribution in [3.8, 4) is 0 Å². The molecule has 128 valence electrons. The molecule has 4 nitrogen and oxygen atoms in total. The minimum Gasteiger partial charge on any atom is -0.299 e. The van der Waals surface area contributed by atoms with E-state index in [4.69, 9.17) is 11.6 Å². The lowest BCUT2D eigenvalue weighted by Gasteiger charge is -2.23. The van der Waals surface area contributed by atoms with Crippen LogP contribution in [0.25, 0.3) is 0 Å². The zero-order valence-electron chi connectivity index (χ0n) is 13.2. The number of hydrogen-bond acceptors (Lipinski definition) is 3. The number of aryl methyl sites for hydroxylation is 1. The Morgan fingerprint density at radius 1 is 1.08 bits per heavy atom. The first-order valence-electron chi connectivity index (χ1n) is 7.19. The van der Waals surface area contributed by atoms with Crippen LogP contribution in [0, 0.1) is 6.92 Å². The van der Waals surface area contributed by atoms with Gasteiger partial charge in [-0.1, -0.05) is 57.4 Å². The molecule has 2 rings (SSSR count). The van der Waals surface area contributed by atoms with E-state index in [9.17, 15) is 13.2 Å². The van der Waals surface area contributed by atoms with Gasteiger partial charge >= 0.3 is 0 Å². The summed E-state index contributed by atoms with van der Waals surface area (Å²) >= 11 is 9.18. The van der Waals surface area contributed by atoms with Gasteiger partial charge in [0.05, 0.1) is 15.8 Å². The molecule has 2 aromatic carbocycles. The van der Waals surface area contributed by atoms with E-state index in [1.807, 2.05) is 6.92 Å². The fourth-order valence-electron chi connectivity index (χ4n) is 2.15. The fraction of sp³-hybridized carbons (Fsp3) is 0.235. The van der Waals surface area contributed by atoms with Gasteiger partial charge in [0.15, 0.2) is 0 Å². The molecular weight excluding hydrogens is 414 g/mol. The average Bonchev–Trinajstić information content (AvgIpc) is 2.53. The van der Waals surface area contributed by atoms with E-state index in [0.29, 0.717) is 10.6 Å². The third-order valence-electron chi connectivity index (χ3n) is 3.52. The summed E-state index contributed by atoms with van der Waals surface area (Å²) in [6.45, 7) is 3.28. The summed E-state index contributed by atoms with van der Waals surface area (Å²) in [7, 11) is -3.78. The van der Waals surface area contributed by atoms with Gasteiger partial charge in [0.1, 0.15) is 5.78 Å². The minimum absolute atomic E-state index is 0.148. The van der Waals surface area contributed by atoms with Gasteiger partial charge in [0.25, 0.3) is 0 Å². The van der Waals surface area contributed by atoms with E-state index in [0.717, 1.165) is 5.56 Å². The number of alkyl halides is 1. The Bertz CT molecular complexity index is 820. The predicted octanol–water partition coefficient (Wildman–Crippen LogP) is 4.02. The SMILES string of the molecule is CC(=O)[C@H](Br)[C@H](NS(=O)(=O)c1ccc(C)cc1)c1ccc(Cl)cc1. The molecule has 0 fully saturated rings. The van der Waals surface area contributed by atoms with Gasteiger partial charge in [-0.15, -0.1) is 0 Å². The summed E-state index contributed by atoms with van der Waals surface area (Å²) < 4.78 is 27.9. The maximum Gasteiger partial charge on any atom is 0.241 e. The van der Waals surface area contributed by atoms with Crippen LogP contribution < -0.4 is 4.72 Å². The van der Waals surface area contributed by atoms with E-state index < -0.39 is 20.9 Å². The first kappa shape index (κ1) is 19.1. The second-order valence-electron chi connectivity index (χ2n) is 5.48. The Hall–Kier alpha value is -1.21. The summed E-state index contributed by atoms with van der Waals surface area (Å²) in [4.78, 5) is 11.2. The van der Waals surface area contributed by atoms with Crippen molar-refractivity contribution in [1.82, 2.24) is 4.72 Å². The number of carbonyl (C=O) groups excluding carboxylic acids is 1. The number of carbonyl (C=O) groups is 1. The maximum atomic E-state index is 12.7. The standard InChI is InChI=1S/C17H17BrClNO3S/c1-11-3-9-15(10-4-11)24(22,23)20-17(16(18)12(2)21)13-5-7-14(19)8-6-13/h3-10,16-17,20H,1-2H3/t16-,17+/m0/s1. The number of rotatable bonds is 6. The third kappa shape index (κ3) is 4.66. The van der Waals surface area contributed by atoms with Gasteiger partial charge in [-0.05, 0) is 43.7 Å². The quantitative estimate of drug-likeness (QED) is 0.704. The highest BCUT2D eigenvalue weighted by Gasteiger charge is 2.29. The Labute approximate surface area is 155 Å². The van der Waals surface area contributed by atoms with Gasteiger partial charge in [-0.25, -0.2) is 13.1 Å². The van der Waals surface area contributed by atoms with E-state index >= 15 is 0 Å². The molecule has 0 saturated heterocycles. The lowest BCUT2D eigenvalue weighted by molar-refractivity contribution is -0.116. The number of ketones is 1. The van der Waals surface area contributed by atoms with Crippen molar-refractivity contribution in [3.63, 3.8) is 0 Å². The van der Waals surface area contributed by atoms with Crippen LogP contribution in [0.1, 0.15) is 24.1 Å². The zero-order valence-corrected chi connectivity index (χ0v) is 16.3.